The molecular formula is C20H23ClN4O3S. The first-order chi connectivity index (χ1) is 13.6. The number of aromatic nitrogens is 1. The topological polar surface area (TPSA) is 85.8 Å². The highest BCUT2D eigenvalue weighted by Crippen LogP contribution is 2.47. The molecule has 9 heteroatoms. The minimum absolute atomic E-state index is 0.0300. The number of likely N-dealkylation sites (tertiary alicyclic amines) is 1. The van der Waals surface area contributed by atoms with Gasteiger partial charge < -0.3 is 10.0 Å². The van der Waals surface area contributed by atoms with E-state index in [0.717, 1.165) is 23.2 Å². The molecule has 2 aliphatic rings. The molecule has 0 radical (unpaired) electrons. The van der Waals surface area contributed by atoms with Gasteiger partial charge in [0.2, 0.25) is 5.91 Å². The Labute approximate surface area is 178 Å². The van der Waals surface area contributed by atoms with Crippen molar-refractivity contribution in [1.82, 2.24) is 9.88 Å². The third-order valence-corrected chi connectivity index (χ3v) is 6.79. The van der Waals surface area contributed by atoms with Crippen LogP contribution in [0.25, 0.3) is 0 Å². The number of carbonyl (C=O) groups excluding carboxylic acids is 2. The first-order valence-electron chi connectivity index (χ1n) is 9.42. The average molecular weight is 435 g/mol. The summed E-state index contributed by atoms with van der Waals surface area (Å²) in [5.74, 6) is 0.0300. The highest BCUT2D eigenvalue weighted by molar-refractivity contribution is 7.19. The molecule has 1 aromatic heterocycles. The van der Waals surface area contributed by atoms with E-state index in [1.54, 1.807) is 25.7 Å². The van der Waals surface area contributed by atoms with Crippen LogP contribution in [0.3, 0.4) is 0 Å². The molecule has 3 amide bonds. The molecular weight excluding hydrogens is 412 g/mol. The summed E-state index contributed by atoms with van der Waals surface area (Å²) in [4.78, 5) is 32.6. The monoisotopic (exact) mass is 434 g/mol. The second-order valence-corrected chi connectivity index (χ2v) is 9.91. The Morgan fingerprint density at radius 2 is 2.10 bits per heavy atom. The van der Waals surface area contributed by atoms with E-state index in [-0.39, 0.29) is 17.4 Å². The largest absolute Gasteiger partial charge is 0.386 e. The Morgan fingerprint density at radius 3 is 2.69 bits per heavy atom. The summed E-state index contributed by atoms with van der Waals surface area (Å²) < 4.78 is 0.501. The molecule has 3 heterocycles. The van der Waals surface area contributed by atoms with Crippen molar-refractivity contribution in [3.8, 4) is 0 Å². The van der Waals surface area contributed by atoms with Gasteiger partial charge in [0, 0.05) is 37.7 Å². The average Bonchev–Trinajstić information content (AvgIpc) is 3.33. The molecule has 1 unspecified atom stereocenters. The SMILES string of the molecule is CC(=O)N1CCC2(C1)CN(C(=O)Nc1ncc(Cl)s1)c1ccc(C(C)(C)O)cc12. The number of nitrogens with zero attached hydrogens (tertiary/aromatic N) is 3. The number of rotatable bonds is 2. The smallest absolute Gasteiger partial charge is 0.328 e. The molecule has 2 N–H and O–H groups in total. The third kappa shape index (κ3) is 3.60. The Morgan fingerprint density at radius 1 is 1.34 bits per heavy atom. The summed E-state index contributed by atoms with van der Waals surface area (Å²) in [5.41, 5.74) is 1.23. The van der Waals surface area contributed by atoms with Crippen LogP contribution >= 0.6 is 22.9 Å². The van der Waals surface area contributed by atoms with Crippen LogP contribution in [0.4, 0.5) is 15.6 Å². The van der Waals surface area contributed by atoms with Crippen LogP contribution in [0.1, 0.15) is 38.3 Å². The van der Waals surface area contributed by atoms with E-state index in [2.05, 4.69) is 10.3 Å². The van der Waals surface area contributed by atoms with Crippen molar-refractivity contribution in [3.63, 3.8) is 0 Å². The van der Waals surface area contributed by atoms with E-state index in [1.165, 1.54) is 17.5 Å². The maximum atomic E-state index is 13.0. The van der Waals surface area contributed by atoms with Crippen molar-refractivity contribution < 1.29 is 14.7 Å². The summed E-state index contributed by atoms with van der Waals surface area (Å²) in [6.45, 7) is 6.72. The van der Waals surface area contributed by atoms with Gasteiger partial charge in [-0.25, -0.2) is 9.78 Å². The van der Waals surface area contributed by atoms with Gasteiger partial charge in [-0.1, -0.05) is 35.1 Å². The van der Waals surface area contributed by atoms with E-state index in [1.807, 2.05) is 23.1 Å². The summed E-state index contributed by atoms with van der Waals surface area (Å²) in [6, 6.07) is 5.41. The molecule has 154 valence electrons. The van der Waals surface area contributed by atoms with Crippen LogP contribution in [0.5, 0.6) is 0 Å². The molecule has 1 fully saturated rings. The molecule has 7 nitrogen and oxygen atoms in total. The van der Waals surface area contributed by atoms with Gasteiger partial charge in [0.05, 0.1) is 11.8 Å². The third-order valence-electron chi connectivity index (χ3n) is 5.76. The normalized spacial score (nSPS) is 21.0. The molecule has 2 aliphatic heterocycles. The van der Waals surface area contributed by atoms with Crippen molar-refractivity contribution in [2.45, 2.75) is 38.2 Å². The van der Waals surface area contributed by atoms with Crippen LogP contribution in [-0.2, 0) is 15.8 Å². The van der Waals surface area contributed by atoms with Crippen molar-refractivity contribution in [3.05, 3.63) is 39.9 Å². The van der Waals surface area contributed by atoms with Gasteiger partial charge >= 0.3 is 6.03 Å². The van der Waals surface area contributed by atoms with Crippen LogP contribution < -0.4 is 10.2 Å². The van der Waals surface area contributed by atoms with Crippen LogP contribution in [0.15, 0.2) is 24.4 Å². The van der Waals surface area contributed by atoms with Crippen molar-refractivity contribution in [2.24, 2.45) is 0 Å². The number of benzene rings is 1. The first kappa shape index (κ1) is 20.1. The number of aliphatic hydroxyl groups is 1. The second kappa shape index (κ2) is 6.97. The highest BCUT2D eigenvalue weighted by atomic mass is 35.5. The van der Waals surface area contributed by atoms with Gasteiger partial charge in [-0.15, -0.1) is 0 Å². The zero-order valence-corrected chi connectivity index (χ0v) is 18.1. The second-order valence-electron chi connectivity index (χ2n) is 8.25. The molecule has 1 aromatic carbocycles. The molecule has 1 spiro atoms. The van der Waals surface area contributed by atoms with E-state index < -0.39 is 5.60 Å². The highest BCUT2D eigenvalue weighted by Gasteiger charge is 2.49. The lowest BCUT2D eigenvalue weighted by molar-refractivity contribution is -0.127. The fraction of sp³-hybridized carbons (Fsp3) is 0.450. The Bertz CT molecular complexity index is 986. The predicted molar refractivity (Wildman–Crippen MR) is 114 cm³/mol. The quantitative estimate of drug-likeness (QED) is 0.756. The first-order valence-corrected chi connectivity index (χ1v) is 10.6. The van der Waals surface area contributed by atoms with Crippen molar-refractivity contribution >= 4 is 45.7 Å². The maximum absolute atomic E-state index is 13.0. The number of hydrogen-bond acceptors (Lipinski definition) is 5. The van der Waals surface area contributed by atoms with Crippen LogP contribution in [-0.4, -0.2) is 46.6 Å². The fourth-order valence-electron chi connectivity index (χ4n) is 4.19. The number of anilines is 2. The van der Waals surface area contributed by atoms with Crippen LogP contribution in [0.2, 0.25) is 4.34 Å². The number of thiazole rings is 1. The van der Waals surface area contributed by atoms with E-state index in [0.29, 0.717) is 29.1 Å². The maximum Gasteiger partial charge on any atom is 0.328 e. The minimum atomic E-state index is -0.998. The van der Waals surface area contributed by atoms with Crippen molar-refractivity contribution in [1.29, 1.82) is 0 Å². The van der Waals surface area contributed by atoms with E-state index in [4.69, 9.17) is 11.6 Å². The molecule has 1 atom stereocenters. The lowest BCUT2D eigenvalue weighted by atomic mass is 9.80. The number of amides is 3. The Balaban J connectivity index is 1.71. The van der Waals surface area contributed by atoms with E-state index in [9.17, 15) is 14.7 Å². The molecule has 0 saturated carbocycles. The van der Waals surface area contributed by atoms with E-state index >= 15 is 0 Å². The summed E-state index contributed by atoms with van der Waals surface area (Å²) in [7, 11) is 0. The summed E-state index contributed by atoms with van der Waals surface area (Å²) >= 11 is 7.12. The Hall–Kier alpha value is -2.16. The number of urea groups is 1. The number of carbonyl (C=O) groups is 2. The number of halogens is 1. The van der Waals surface area contributed by atoms with Gasteiger partial charge in [0.25, 0.3) is 0 Å². The van der Waals surface area contributed by atoms with Gasteiger partial charge in [0.1, 0.15) is 4.34 Å². The summed E-state index contributed by atoms with van der Waals surface area (Å²) in [6.07, 6.45) is 2.26. The standard InChI is InChI=1S/C20H23ClN4O3S/c1-12(26)24-7-6-20(10-24)11-25(18(27)23-17-22-9-16(21)29-17)15-5-4-13(8-14(15)20)19(2,3)28/h4-5,8-9,28H,6-7,10-11H2,1-3H3,(H,22,23,27). The van der Waals surface area contributed by atoms with Gasteiger partial charge in [-0.2, -0.15) is 0 Å². The minimum Gasteiger partial charge on any atom is -0.386 e. The van der Waals surface area contributed by atoms with Crippen molar-refractivity contribution in [2.75, 3.05) is 29.9 Å². The molecule has 4 rings (SSSR count). The summed E-state index contributed by atoms with van der Waals surface area (Å²) in [5, 5.41) is 13.7. The molecule has 0 aliphatic carbocycles. The number of nitrogens with one attached hydrogen (secondary N) is 1. The predicted octanol–water partition coefficient (Wildman–Crippen LogP) is 3.57. The molecule has 2 aromatic rings. The van der Waals surface area contributed by atoms with Gasteiger partial charge in [0.15, 0.2) is 5.13 Å². The zero-order chi connectivity index (χ0) is 21.0. The Kier molecular flexibility index (Phi) is 4.83. The zero-order valence-electron chi connectivity index (χ0n) is 16.5. The lowest BCUT2D eigenvalue weighted by Crippen LogP contribution is -2.41. The van der Waals surface area contributed by atoms with Gasteiger partial charge in [-0.3, -0.25) is 15.0 Å². The lowest BCUT2D eigenvalue weighted by Gasteiger charge is -2.26. The number of fused-ring (bicyclic) bond motifs is 2. The molecule has 29 heavy (non-hydrogen) atoms. The van der Waals surface area contributed by atoms with Crippen LogP contribution in [0, 0.1) is 0 Å². The molecule has 1 saturated heterocycles. The number of hydrogen-bond donors (Lipinski definition) is 2. The fourth-order valence-corrected chi connectivity index (χ4v) is 4.99. The van der Waals surface area contributed by atoms with Gasteiger partial charge in [-0.05, 0) is 37.5 Å². The molecule has 0 bridgehead atoms.